The first kappa shape index (κ1) is 11.8. The molecule has 2 aromatic rings. The van der Waals surface area contributed by atoms with Gasteiger partial charge in [0, 0.05) is 12.1 Å². The summed E-state index contributed by atoms with van der Waals surface area (Å²) < 4.78 is 2.00. The summed E-state index contributed by atoms with van der Waals surface area (Å²) in [6.45, 7) is 4.69. The van der Waals surface area contributed by atoms with Crippen molar-refractivity contribution in [1.82, 2.24) is 0 Å². The summed E-state index contributed by atoms with van der Waals surface area (Å²) in [5.74, 6) is 0. The van der Waals surface area contributed by atoms with Crippen LogP contribution in [0.15, 0.2) is 48.8 Å². The zero-order valence-electron chi connectivity index (χ0n) is 10.3. The zero-order chi connectivity index (χ0) is 12.3. The number of pyridine rings is 1. The number of nitrogens with zero attached hydrogens (tertiary/aromatic N) is 1. The van der Waals surface area contributed by atoms with Crippen LogP contribution in [-0.4, -0.2) is 5.11 Å². The topological polar surface area (TPSA) is 24.1 Å². The summed E-state index contributed by atoms with van der Waals surface area (Å²) in [5, 5.41) is 10.1. The monoisotopic (exact) mass is 228 g/mol. The average Bonchev–Trinajstić information content (AvgIpc) is 2.33. The Morgan fingerprint density at radius 1 is 0.941 bits per heavy atom. The maximum atomic E-state index is 10.1. The van der Waals surface area contributed by atoms with Gasteiger partial charge < -0.3 is 5.11 Å². The summed E-state index contributed by atoms with van der Waals surface area (Å²) in [4.78, 5) is 0. The molecule has 0 radical (unpaired) electrons. The average molecular weight is 228 g/mol. The van der Waals surface area contributed by atoms with Gasteiger partial charge in [0.15, 0.2) is 18.9 Å². The number of aliphatic hydroxyl groups excluding tert-OH is 1. The molecule has 2 heteroatoms. The Balaban J connectivity index is 2.08. The molecule has 0 saturated carbocycles. The molecule has 1 aromatic carbocycles. The molecule has 0 aliphatic rings. The second kappa shape index (κ2) is 5.11. The number of hydrogen-bond acceptors (Lipinski definition) is 1. The minimum atomic E-state index is -0.455. The van der Waals surface area contributed by atoms with Gasteiger partial charge in [-0.05, 0) is 25.0 Å². The maximum absolute atomic E-state index is 10.1. The van der Waals surface area contributed by atoms with Crippen LogP contribution in [0.4, 0.5) is 0 Å². The van der Waals surface area contributed by atoms with Gasteiger partial charge in [-0.15, -0.1) is 0 Å². The Hall–Kier alpha value is -1.67. The SMILES string of the molecule is Cc1ccc(C(O)C[n+]2ccc(C)cc2)cc1. The van der Waals surface area contributed by atoms with Crippen LogP contribution in [0.5, 0.6) is 0 Å². The van der Waals surface area contributed by atoms with Crippen LogP contribution in [0.1, 0.15) is 22.8 Å². The Morgan fingerprint density at radius 3 is 2.06 bits per heavy atom. The van der Waals surface area contributed by atoms with Gasteiger partial charge in [0.1, 0.15) is 6.10 Å². The van der Waals surface area contributed by atoms with Crippen LogP contribution < -0.4 is 4.57 Å². The highest BCUT2D eigenvalue weighted by atomic mass is 16.3. The zero-order valence-corrected chi connectivity index (χ0v) is 10.3. The fourth-order valence-corrected chi connectivity index (χ4v) is 1.75. The number of aliphatic hydroxyl groups is 1. The van der Waals surface area contributed by atoms with E-state index in [4.69, 9.17) is 0 Å². The van der Waals surface area contributed by atoms with E-state index in [0.29, 0.717) is 6.54 Å². The van der Waals surface area contributed by atoms with Gasteiger partial charge in [-0.1, -0.05) is 29.8 Å². The highest BCUT2D eigenvalue weighted by molar-refractivity contribution is 5.22. The summed E-state index contributed by atoms with van der Waals surface area (Å²) >= 11 is 0. The Bertz CT molecular complexity index is 473. The normalized spacial score (nSPS) is 12.4. The van der Waals surface area contributed by atoms with Gasteiger partial charge in [-0.3, -0.25) is 0 Å². The minimum Gasteiger partial charge on any atom is -0.382 e. The fourth-order valence-electron chi connectivity index (χ4n) is 1.75. The van der Waals surface area contributed by atoms with E-state index in [9.17, 15) is 5.11 Å². The van der Waals surface area contributed by atoms with Gasteiger partial charge in [0.25, 0.3) is 0 Å². The number of hydrogen-bond donors (Lipinski definition) is 1. The molecule has 0 fully saturated rings. The lowest BCUT2D eigenvalue weighted by Gasteiger charge is -2.08. The van der Waals surface area contributed by atoms with Crippen molar-refractivity contribution in [2.45, 2.75) is 26.5 Å². The third-order valence-electron chi connectivity index (χ3n) is 2.90. The van der Waals surface area contributed by atoms with E-state index in [2.05, 4.69) is 6.92 Å². The molecule has 0 bridgehead atoms. The summed E-state index contributed by atoms with van der Waals surface area (Å²) in [6.07, 6.45) is 3.53. The Morgan fingerprint density at radius 2 is 1.47 bits per heavy atom. The third kappa shape index (κ3) is 3.14. The molecule has 17 heavy (non-hydrogen) atoms. The Labute approximate surface area is 102 Å². The molecule has 1 unspecified atom stereocenters. The lowest BCUT2D eigenvalue weighted by molar-refractivity contribution is -0.704. The molecule has 0 spiro atoms. The molecular weight excluding hydrogens is 210 g/mol. The number of rotatable bonds is 3. The second-order valence-corrected chi connectivity index (χ2v) is 4.50. The molecule has 0 saturated heterocycles. The third-order valence-corrected chi connectivity index (χ3v) is 2.90. The van der Waals surface area contributed by atoms with Crippen LogP contribution in [0, 0.1) is 13.8 Å². The predicted molar refractivity (Wildman–Crippen MR) is 67.5 cm³/mol. The van der Waals surface area contributed by atoms with Crippen molar-refractivity contribution in [3.8, 4) is 0 Å². The largest absolute Gasteiger partial charge is 0.382 e. The fraction of sp³-hybridized carbons (Fsp3) is 0.267. The van der Waals surface area contributed by atoms with E-state index in [0.717, 1.165) is 5.56 Å². The molecule has 2 nitrogen and oxygen atoms in total. The van der Waals surface area contributed by atoms with Gasteiger partial charge >= 0.3 is 0 Å². The van der Waals surface area contributed by atoms with Crippen molar-refractivity contribution in [3.05, 3.63) is 65.5 Å². The first-order valence-electron chi connectivity index (χ1n) is 5.85. The summed E-state index contributed by atoms with van der Waals surface area (Å²) in [6, 6.07) is 12.1. The summed E-state index contributed by atoms with van der Waals surface area (Å²) in [5.41, 5.74) is 3.40. The van der Waals surface area contributed by atoms with E-state index in [1.807, 2.05) is 60.3 Å². The molecule has 0 aliphatic heterocycles. The van der Waals surface area contributed by atoms with Crippen molar-refractivity contribution in [2.75, 3.05) is 0 Å². The molecule has 1 atom stereocenters. The van der Waals surface area contributed by atoms with E-state index in [-0.39, 0.29) is 0 Å². The number of benzene rings is 1. The summed E-state index contributed by atoms with van der Waals surface area (Å²) in [7, 11) is 0. The lowest BCUT2D eigenvalue weighted by Crippen LogP contribution is -2.35. The van der Waals surface area contributed by atoms with Crippen LogP contribution >= 0.6 is 0 Å². The first-order chi connectivity index (χ1) is 8.15. The first-order valence-corrected chi connectivity index (χ1v) is 5.85. The smallest absolute Gasteiger partial charge is 0.178 e. The van der Waals surface area contributed by atoms with Gasteiger partial charge in [0.2, 0.25) is 0 Å². The molecule has 1 heterocycles. The minimum absolute atomic E-state index is 0.455. The predicted octanol–water partition coefficient (Wildman–Crippen LogP) is 2.32. The molecule has 1 N–H and O–H groups in total. The van der Waals surface area contributed by atoms with E-state index in [1.165, 1.54) is 11.1 Å². The maximum Gasteiger partial charge on any atom is 0.178 e. The molecule has 1 aromatic heterocycles. The molecule has 0 aliphatic carbocycles. The van der Waals surface area contributed by atoms with Crippen molar-refractivity contribution in [1.29, 1.82) is 0 Å². The van der Waals surface area contributed by atoms with Crippen molar-refractivity contribution in [3.63, 3.8) is 0 Å². The van der Waals surface area contributed by atoms with Crippen LogP contribution in [0.3, 0.4) is 0 Å². The quantitative estimate of drug-likeness (QED) is 0.801. The molecule has 0 amide bonds. The van der Waals surface area contributed by atoms with Gasteiger partial charge in [0.05, 0.1) is 0 Å². The van der Waals surface area contributed by atoms with E-state index < -0.39 is 6.10 Å². The van der Waals surface area contributed by atoms with Gasteiger partial charge in [-0.2, -0.15) is 0 Å². The standard InChI is InChI=1S/C15H18NO/c1-12-3-5-14(6-4-12)15(17)11-16-9-7-13(2)8-10-16/h3-10,15,17H,11H2,1-2H3/q+1. The van der Waals surface area contributed by atoms with Crippen LogP contribution in [0.25, 0.3) is 0 Å². The number of aryl methyl sites for hydroxylation is 2. The highest BCUT2D eigenvalue weighted by Gasteiger charge is 2.12. The van der Waals surface area contributed by atoms with Crippen molar-refractivity contribution < 1.29 is 9.67 Å². The van der Waals surface area contributed by atoms with Crippen LogP contribution in [0.2, 0.25) is 0 Å². The van der Waals surface area contributed by atoms with E-state index in [1.54, 1.807) is 0 Å². The van der Waals surface area contributed by atoms with Gasteiger partial charge in [-0.25, -0.2) is 4.57 Å². The highest BCUT2D eigenvalue weighted by Crippen LogP contribution is 2.13. The lowest BCUT2D eigenvalue weighted by atomic mass is 10.1. The van der Waals surface area contributed by atoms with E-state index >= 15 is 0 Å². The number of aromatic nitrogens is 1. The molecule has 2 rings (SSSR count). The molecule has 88 valence electrons. The molecular formula is C15H18NO+. The second-order valence-electron chi connectivity index (χ2n) is 4.50. The van der Waals surface area contributed by atoms with Crippen molar-refractivity contribution >= 4 is 0 Å². The Kier molecular flexibility index (Phi) is 3.55. The van der Waals surface area contributed by atoms with Crippen LogP contribution in [-0.2, 0) is 6.54 Å². The van der Waals surface area contributed by atoms with Crippen molar-refractivity contribution in [2.24, 2.45) is 0 Å².